The second-order valence-electron chi connectivity index (χ2n) is 11.6. The van der Waals surface area contributed by atoms with Crippen LogP contribution >= 0.6 is 0 Å². The van der Waals surface area contributed by atoms with Gasteiger partial charge in [0.1, 0.15) is 5.82 Å². The number of rotatable bonds is 5. The van der Waals surface area contributed by atoms with E-state index in [-0.39, 0.29) is 23.5 Å². The molecule has 0 unspecified atom stereocenters. The number of nitrogens with one attached hydrogen (secondary N) is 3. The van der Waals surface area contributed by atoms with E-state index in [9.17, 15) is 23.9 Å². The molecule has 1 aliphatic heterocycles. The average molecular weight is 524 g/mol. The van der Waals surface area contributed by atoms with Crippen molar-refractivity contribution in [2.24, 2.45) is 0 Å². The maximum Gasteiger partial charge on any atom is 0.322 e. The molecule has 1 aromatic heterocycles. The van der Waals surface area contributed by atoms with Gasteiger partial charge in [0.25, 0.3) is 0 Å². The third-order valence-electron chi connectivity index (χ3n) is 8.28. The Morgan fingerprint density at radius 2 is 1.68 bits per heavy atom. The van der Waals surface area contributed by atoms with Gasteiger partial charge in [-0.15, -0.1) is 0 Å². The first-order valence-electron chi connectivity index (χ1n) is 13.1. The van der Waals surface area contributed by atoms with Crippen molar-refractivity contribution in [1.82, 2.24) is 20.5 Å². The van der Waals surface area contributed by atoms with Gasteiger partial charge in [0.15, 0.2) is 0 Å². The predicted octanol–water partition coefficient (Wildman–Crippen LogP) is 3.12. The molecule has 3 fully saturated rings. The molecule has 2 aromatic rings. The zero-order valence-electron chi connectivity index (χ0n) is 21.8. The number of fused-ring (bicyclic) bond motifs is 4. The minimum Gasteiger partial charge on any atom is -0.389 e. The number of benzene rings is 1. The molecule has 3 aliphatic carbocycles. The third kappa shape index (κ3) is 5.36. The van der Waals surface area contributed by atoms with Gasteiger partial charge < -0.3 is 26.0 Å². The van der Waals surface area contributed by atoms with E-state index in [4.69, 9.17) is 0 Å². The van der Waals surface area contributed by atoms with E-state index < -0.39 is 23.2 Å². The Hall–Kier alpha value is -3.53. The van der Waals surface area contributed by atoms with E-state index in [0.717, 1.165) is 44.1 Å². The molecule has 0 atom stereocenters. The minimum atomic E-state index is -1.08. The molecular formula is C28H34FN5O4. The number of hydrogen-bond acceptors (Lipinski definition) is 5. The van der Waals surface area contributed by atoms with Crippen molar-refractivity contribution in [2.75, 3.05) is 11.9 Å². The number of halogens is 1. The summed E-state index contributed by atoms with van der Waals surface area (Å²) in [6.45, 7) is 3.82. The standard InChI is InChI=1S/C28H34FN5O4/c1-26(2,38)17-31-23(35)24(36)33-28-10-7-27(8-11-28,9-12-28)19-3-5-21(6-4-19)32-25(37)34-15-18-13-20(29)14-30-22(18)16-34/h3-6,13-14,38H,7-12,15-17H2,1-2H3,(H,31,35)(H,32,37)(H,33,36). The van der Waals surface area contributed by atoms with Crippen LogP contribution in [0.4, 0.5) is 14.9 Å². The molecule has 2 bridgehead atoms. The summed E-state index contributed by atoms with van der Waals surface area (Å²) < 4.78 is 13.4. The van der Waals surface area contributed by atoms with Crippen LogP contribution in [-0.2, 0) is 28.1 Å². The lowest BCUT2D eigenvalue weighted by molar-refractivity contribution is -0.141. The molecule has 6 rings (SSSR count). The quantitative estimate of drug-likeness (QED) is 0.449. The van der Waals surface area contributed by atoms with E-state index in [2.05, 4.69) is 33.1 Å². The second-order valence-corrected chi connectivity index (χ2v) is 11.6. The maximum atomic E-state index is 13.4. The molecule has 4 amide bonds. The lowest BCUT2D eigenvalue weighted by Gasteiger charge is -2.54. The molecule has 2 heterocycles. The third-order valence-corrected chi connectivity index (χ3v) is 8.28. The summed E-state index contributed by atoms with van der Waals surface area (Å²) >= 11 is 0. The number of carbonyl (C=O) groups is 3. The summed E-state index contributed by atoms with van der Waals surface area (Å²) in [4.78, 5) is 43.1. The van der Waals surface area contributed by atoms with Crippen LogP contribution in [0.1, 0.15) is 69.2 Å². The average Bonchev–Trinajstić information content (AvgIpc) is 3.31. The van der Waals surface area contributed by atoms with E-state index >= 15 is 0 Å². The van der Waals surface area contributed by atoms with Crippen molar-refractivity contribution in [3.05, 3.63) is 59.2 Å². The largest absolute Gasteiger partial charge is 0.389 e. The molecule has 202 valence electrons. The molecule has 3 saturated carbocycles. The van der Waals surface area contributed by atoms with Crippen LogP contribution in [0.15, 0.2) is 36.5 Å². The van der Waals surface area contributed by atoms with Gasteiger partial charge in [0.2, 0.25) is 0 Å². The fraction of sp³-hybridized carbons (Fsp3) is 0.500. The Morgan fingerprint density at radius 3 is 2.32 bits per heavy atom. The van der Waals surface area contributed by atoms with E-state index in [1.54, 1.807) is 18.7 Å². The van der Waals surface area contributed by atoms with Gasteiger partial charge in [-0.25, -0.2) is 9.18 Å². The molecule has 1 aromatic carbocycles. The fourth-order valence-corrected chi connectivity index (χ4v) is 5.96. The summed E-state index contributed by atoms with van der Waals surface area (Å²) in [6.07, 6.45) is 6.25. The smallest absolute Gasteiger partial charge is 0.322 e. The van der Waals surface area contributed by atoms with Crippen molar-refractivity contribution >= 4 is 23.5 Å². The lowest BCUT2D eigenvalue weighted by atomic mass is 9.55. The van der Waals surface area contributed by atoms with Crippen LogP contribution in [0.2, 0.25) is 0 Å². The van der Waals surface area contributed by atoms with Crippen LogP contribution in [0, 0.1) is 5.82 Å². The van der Waals surface area contributed by atoms with E-state index in [0.29, 0.717) is 24.5 Å². The Bertz CT molecular complexity index is 1230. The highest BCUT2D eigenvalue weighted by Gasteiger charge is 2.50. The first-order chi connectivity index (χ1) is 18.0. The molecule has 0 radical (unpaired) electrons. The summed E-state index contributed by atoms with van der Waals surface area (Å²) in [7, 11) is 0. The summed E-state index contributed by atoms with van der Waals surface area (Å²) in [5.74, 6) is -1.77. The number of aliphatic hydroxyl groups is 1. The lowest BCUT2D eigenvalue weighted by Crippen LogP contribution is -2.60. The van der Waals surface area contributed by atoms with Gasteiger partial charge in [-0.05, 0) is 87.1 Å². The Kier molecular flexibility index (Phi) is 6.63. The highest BCUT2D eigenvalue weighted by Crippen LogP contribution is 2.53. The molecule has 0 saturated heterocycles. The van der Waals surface area contributed by atoms with Crippen LogP contribution in [-0.4, -0.2) is 50.5 Å². The van der Waals surface area contributed by atoms with Crippen LogP contribution in [0.3, 0.4) is 0 Å². The van der Waals surface area contributed by atoms with Crippen molar-refractivity contribution < 1.29 is 23.9 Å². The van der Waals surface area contributed by atoms with Gasteiger partial charge in [-0.2, -0.15) is 0 Å². The second kappa shape index (κ2) is 9.65. The molecule has 4 N–H and O–H groups in total. The van der Waals surface area contributed by atoms with Crippen LogP contribution in [0.25, 0.3) is 0 Å². The molecular weight excluding hydrogens is 489 g/mol. The van der Waals surface area contributed by atoms with Crippen molar-refractivity contribution in [3.63, 3.8) is 0 Å². The Labute approximate surface area is 221 Å². The molecule has 0 spiro atoms. The normalized spacial score (nSPS) is 24.1. The zero-order valence-corrected chi connectivity index (χ0v) is 21.8. The van der Waals surface area contributed by atoms with Gasteiger partial charge in [-0.3, -0.25) is 14.6 Å². The Balaban J connectivity index is 1.15. The van der Waals surface area contributed by atoms with Gasteiger partial charge in [0, 0.05) is 24.3 Å². The summed E-state index contributed by atoms with van der Waals surface area (Å²) in [5.41, 5.74) is 1.91. The van der Waals surface area contributed by atoms with Crippen molar-refractivity contribution in [2.45, 2.75) is 82.0 Å². The molecule has 38 heavy (non-hydrogen) atoms. The summed E-state index contributed by atoms with van der Waals surface area (Å²) in [6, 6.07) is 9.11. The number of anilines is 1. The molecule has 9 nitrogen and oxygen atoms in total. The van der Waals surface area contributed by atoms with E-state index in [1.807, 2.05) is 12.1 Å². The topological polar surface area (TPSA) is 124 Å². The minimum absolute atomic E-state index is 0.00862. The highest BCUT2D eigenvalue weighted by atomic mass is 19.1. The number of nitrogens with zero attached hydrogens (tertiary/aromatic N) is 2. The molecule has 10 heteroatoms. The van der Waals surface area contributed by atoms with Gasteiger partial charge in [-0.1, -0.05) is 12.1 Å². The zero-order chi connectivity index (χ0) is 27.1. The van der Waals surface area contributed by atoms with Crippen LogP contribution in [0.5, 0.6) is 0 Å². The number of urea groups is 1. The SMILES string of the molecule is CC(C)(O)CNC(=O)C(=O)NC12CCC(c3ccc(NC(=O)N4Cc5cc(F)cnc5C4)cc3)(CC1)CC2. The first-order valence-corrected chi connectivity index (χ1v) is 13.1. The number of amides is 4. The number of pyridine rings is 1. The van der Waals surface area contributed by atoms with Gasteiger partial charge in [0.05, 0.1) is 24.0 Å². The van der Waals surface area contributed by atoms with Crippen LogP contribution < -0.4 is 16.0 Å². The van der Waals surface area contributed by atoms with Crippen molar-refractivity contribution in [1.29, 1.82) is 0 Å². The maximum absolute atomic E-state index is 13.4. The predicted molar refractivity (Wildman–Crippen MR) is 138 cm³/mol. The first kappa shape index (κ1) is 26.1. The number of carbonyl (C=O) groups excluding carboxylic acids is 3. The highest BCUT2D eigenvalue weighted by molar-refractivity contribution is 6.35. The molecule has 4 aliphatic rings. The monoisotopic (exact) mass is 523 g/mol. The summed E-state index contributed by atoms with van der Waals surface area (Å²) in [5, 5.41) is 18.2. The fourth-order valence-electron chi connectivity index (χ4n) is 5.96. The van der Waals surface area contributed by atoms with E-state index in [1.165, 1.54) is 17.8 Å². The van der Waals surface area contributed by atoms with Gasteiger partial charge >= 0.3 is 17.8 Å². The number of aromatic nitrogens is 1. The number of hydrogen-bond donors (Lipinski definition) is 4. The Morgan fingerprint density at radius 1 is 1.03 bits per heavy atom. The van der Waals surface area contributed by atoms with Crippen molar-refractivity contribution in [3.8, 4) is 0 Å².